The number of anilines is 1. The maximum atomic E-state index is 13.9. The first-order chi connectivity index (χ1) is 17.9. The van der Waals surface area contributed by atoms with Crippen molar-refractivity contribution in [3.63, 3.8) is 0 Å². The summed E-state index contributed by atoms with van der Waals surface area (Å²) < 4.78 is 27.0. The van der Waals surface area contributed by atoms with Crippen molar-refractivity contribution in [1.82, 2.24) is 10.2 Å². The number of carbonyl (C=O) groups is 2. The quantitative estimate of drug-likeness (QED) is 0.366. The minimum absolute atomic E-state index is 0.0402. The molecule has 1 fully saturated rings. The van der Waals surface area contributed by atoms with Gasteiger partial charge in [-0.15, -0.1) is 0 Å². The molecule has 3 rings (SSSR count). The molecular weight excluding hydrogens is 545 g/mol. The van der Waals surface area contributed by atoms with Crippen LogP contribution >= 0.6 is 23.2 Å². The van der Waals surface area contributed by atoms with E-state index >= 15 is 0 Å². The lowest BCUT2D eigenvalue weighted by atomic mass is 10.0. The molecule has 0 saturated heterocycles. The van der Waals surface area contributed by atoms with Gasteiger partial charge in [-0.25, -0.2) is 8.42 Å². The van der Waals surface area contributed by atoms with E-state index in [4.69, 9.17) is 23.2 Å². The second-order valence-electron chi connectivity index (χ2n) is 10.2. The van der Waals surface area contributed by atoms with Gasteiger partial charge in [0.2, 0.25) is 21.8 Å². The SMILES string of the molecule is CC[C@@H](C(=O)NC1CCCC1)N(Cc1ccc(Cl)c(Cl)c1)C(=O)CN(c1ccccc1C(C)C)S(C)(=O)=O. The van der Waals surface area contributed by atoms with Crippen LogP contribution in [0.2, 0.25) is 10.0 Å². The number of para-hydroxylation sites is 1. The normalized spacial score (nSPS) is 14.9. The van der Waals surface area contributed by atoms with Crippen LogP contribution in [0.4, 0.5) is 5.69 Å². The third kappa shape index (κ3) is 7.64. The van der Waals surface area contributed by atoms with E-state index in [0.717, 1.165) is 41.8 Å². The molecule has 2 aromatic carbocycles. The number of benzene rings is 2. The molecule has 0 radical (unpaired) electrons. The summed E-state index contributed by atoms with van der Waals surface area (Å²) in [6, 6.07) is 11.5. The van der Waals surface area contributed by atoms with Gasteiger partial charge in [0.15, 0.2) is 0 Å². The van der Waals surface area contributed by atoms with E-state index in [2.05, 4.69) is 5.32 Å². The standard InChI is InChI=1S/C28H37Cl2N3O4S/c1-5-25(28(35)31-21-10-6-7-11-21)32(17-20-14-15-23(29)24(30)16-20)27(34)18-33(38(4,36)37)26-13-9-8-12-22(26)19(2)3/h8-9,12-16,19,21,25H,5-7,10-11,17-18H2,1-4H3,(H,31,35)/t25-/m0/s1. The van der Waals surface area contributed by atoms with Crippen molar-refractivity contribution in [2.45, 2.75) is 77.4 Å². The predicted molar refractivity (Wildman–Crippen MR) is 154 cm³/mol. The van der Waals surface area contributed by atoms with Crippen LogP contribution in [0.25, 0.3) is 0 Å². The summed E-state index contributed by atoms with van der Waals surface area (Å²) in [7, 11) is -3.81. The van der Waals surface area contributed by atoms with Crippen molar-refractivity contribution in [3.8, 4) is 0 Å². The fourth-order valence-corrected chi connectivity index (χ4v) is 6.11. The molecule has 1 N–H and O–H groups in total. The smallest absolute Gasteiger partial charge is 0.244 e. The predicted octanol–water partition coefficient (Wildman–Crippen LogP) is 5.75. The lowest BCUT2D eigenvalue weighted by Gasteiger charge is -2.34. The first kappa shape index (κ1) is 30.3. The zero-order chi connectivity index (χ0) is 28.0. The number of carbonyl (C=O) groups excluding carboxylic acids is 2. The minimum atomic E-state index is -3.81. The Bertz CT molecular complexity index is 1250. The van der Waals surface area contributed by atoms with E-state index in [1.165, 1.54) is 4.90 Å². The van der Waals surface area contributed by atoms with Crippen LogP contribution in [0, 0.1) is 0 Å². The Labute approximate surface area is 236 Å². The summed E-state index contributed by atoms with van der Waals surface area (Å²) in [5.74, 6) is -0.673. The molecule has 0 aliphatic heterocycles. The molecule has 38 heavy (non-hydrogen) atoms. The molecule has 1 aliphatic rings. The highest BCUT2D eigenvalue weighted by Gasteiger charge is 2.33. The number of nitrogens with zero attached hydrogens (tertiary/aromatic N) is 2. The van der Waals surface area contributed by atoms with E-state index in [0.29, 0.717) is 27.7 Å². The Balaban J connectivity index is 1.98. The molecular formula is C28H37Cl2N3O4S. The van der Waals surface area contributed by atoms with Gasteiger partial charge in [-0.05, 0) is 54.5 Å². The zero-order valence-corrected chi connectivity index (χ0v) is 24.7. The van der Waals surface area contributed by atoms with E-state index in [9.17, 15) is 18.0 Å². The maximum absolute atomic E-state index is 13.9. The van der Waals surface area contributed by atoms with E-state index < -0.39 is 28.5 Å². The third-order valence-corrected chi connectivity index (χ3v) is 8.80. The molecule has 1 aliphatic carbocycles. The van der Waals surface area contributed by atoms with Crippen molar-refractivity contribution in [2.24, 2.45) is 0 Å². The van der Waals surface area contributed by atoms with Crippen LogP contribution < -0.4 is 9.62 Å². The van der Waals surface area contributed by atoms with Gasteiger partial charge in [0.05, 0.1) is 22.0 Å². The molecule has 2 amide bonds. The highest BCUT2D eigenvalue weighted by molar-refractivity contribution is 7.92. The molecule has 10 heteroatoms. The van der Waals surface area contributed by atoms with Gasteiger partial charge < -0.3 is 10.2 Å². The van der Waals surface area contributed by atoms with Crippen LogP contribution in [-0.2, 0) is 26.2 Å². The number of rotatable bonds is 11. The van der Waals surface area contributed by atoms with Crippen LogP contribution in [-0.4, -0.2) is 50.0 Å². The average Bonchev–Trinajstić information content (AvgIpc) is 3.36. The largest absolute Gasteiger partial charge is 0.352 e. The molecule has 0 aromatic heterocycles. The van der Waals surface area contributed by atoms with Crippen LogP contribution in [0.1, 0.15) is 69.9 Å². The maximum Gasteiger partial charge on any atom is 0.244 e. The number of nitrogens with one attached hydrogen (secondary N) is 1. The Kier molecular flexibility index (Phi) is 10.5. The highest BCUT2D eigenvalue weighted by Crippen LogP contribution is 2.30. The Morgan fingerprint density at radius 2 is 1.71 bits per heavy atom. The van der Waals surface area contributed by atoms with Crippen LogP contribution in [0.3, 0.4) is 0 Å². The molecule has 1 saturated carbocycles. The second kappa shape index (κ2) is 13.2. The first-order valence-electron chi connectivity index (χ1n) is 13.0. The van der Waals surface area contributed by atoms with Crippen molar-refractivity contribution in [2.75, 3.05) is 17.1 Å². The lowest BCUT2D eigenvalue weighted by molar-refractivity contribution is -0.140. The minimum Gasteiger partial charge on any atom is -0.352 e. The summed E-state index contributed by atoms with van der Waals surface area (Å²) >= 11 is 12.3. The van der Waals surface area contributed by atoms with Crippen molar-refractivity contribution >= 4 is 50.7 Å². The van der Waals surface area contributed by atoms with Crippen molar-refractivity contribution in [1.29, 1.82) is 0 Å². The zero-order valence-electron chi connectivity index (χ0n) is 22.4. The number of hydrogen-bond acceptors (Lipinski definition) is 4. The molecule has 1 atom stereocenters. The summed E-state index contributed by atoms with van der Waals surface area (Å²) in [6.07, 6.45) is 5.41. The molecule has 0 spiro atoms. The second-order valence-corrected chi connectivity index (χ2v) is 12.9. The van der Waals surface area contributed by atoms with Gasteiger partial charge in [0.1, 0.15) is 12.6 Å². The van der Waals surface area contributed by atoms with Gasteiger partial charge >= 0.3 is 0 Å². The summed E-state index contributed by atoms with van der Waals surface area (Å²) in [5.41, 5.74) is 1.96. The monoisotopic (exact) mass is 581 g/mol. The van der Waals surface area contributed by atoms with Crippen LogP contribution in [0.5, 0.6) is 0 Å². The molecule has 7 nitrogen and oxygen atoms in total. The summed E-state index contributed by atoms with van der Waals surface area (Å²) in [5, 5.41) is 3.82. The van der Waals surface area contributed by atoms with Gasteiger partial charge in [0.25, 0.3) is 0 Å². The molecule has 208 valence electrons. The highest BCUT2D eigenvalue weighted by atomic mass is 35.5. The number of halogens is 2. The summed E-state index contributed by atoms with van der Waals surface area (Å²) in [6.45, 7) is 5.43. The Morgan fingerprint density at radius 3 is 2.29 bits per heavy atom. The Hall–Kier alpha value is -2.29. The third-order valence-electron chi connectivity index (χ3n) is 6.93. The number of amides is 2. The fourth-order valence-electron chi connectivity index (χ4n) is 4.92. The van der Waals surface area contributed by atoms with Crippen LogP contribution in [0.15, 0.2) is 42.5 Å². The number of sulfonamides is 1. The molecule has 2 aromatic rings. The van der Waals surface area contributed by atoms with E-state index in [1.54, 1.807) is 30.3 Å². The lowest BCUT2D eigenvalue weighted by Crippen LogP contribution is -2.53. The van der Waals surface area contributed by atoms with Gasteiger partial charge in [-0.2, -0.15) is 0 Å². The molecule has 0 bridgehead atoms. The molecule has 0 heterocycles. The van der Waals surface area contributed by atoms with Gasteiger partial charge in [-0.1, -0.05) is 81.1 Å². The Morgan fingerprint density at radius 1 is 1.05 bits per heavy atom. The topological polar surface area (TPSA) is 86.8 Å². The fraction of sp³-hybridized carbons (Fsp3) is 0.500. The van der Waals surface area contributed by atoms with Crippen molar-refractivity contribution in [3.05, 3.63) is 63.6 Å². The number of hydrogen-bond donors (Lipinski definition) is 1. The molecule has 0 unspecified atom stereocenters. The van der Waals surface area contributed by atoms with Gasteiger partial charge in [0, 0.05) is 12.6 Å². The van der Waals surface area contributed by atoms with E-state index in [1.807, 2.05) is 32.9 Å². The van der Waals surface area contributed by atoms with E-state index in [-0.39, 0.29) is 24.4 Å². The van der Waals surface area contributed by atoms with Gasteiger partial charge in [-0.3, -0.25) is 13.9 Å². The average molecular weight is 583 g/mol. The van der Waals surface area contributed by atoms with Crippen molar-refractivity contribution < 1.29 is 18.0 Å². The summed E-state index contributed by atoms with van der Waals surface area (Å²) in [4.78, 5) is 28.8. The first-order valence-corrected chi connectivity index (χ1v) is 15.6.